The zero-order valence-electron chi connectivity index (χ0n) is 13.7. The molecule has 1 saturated heterocycles. The molecule has 0 aromatic carbocycles. The second-order valence-corrected chi connectivity index (χ2v) is 7.05. The minimum Gasteiger partial charge on any atom is -0.351 e. The zero-order chi connectivity index (χ0) is 15.7. The molecule has 0 aromatic heterocycles. The average molecular weight is 352 g/mol. The molecule has 22 heavy (non-hydrogen) atoms. The summed E-state index contributed by atoms with van der Waals surface area (Å²) in [5.41, 5.74) is 5.66. The van der Waals surface area contributed by atoms with E-state index in [1.165, 1.54) is 18.2 Å². The van der Waals surface area contributed by atoms with Crippen LogP contribution >= 0.6 is 24.2 Å². The molecule has 0 aromatic rings. The van der Waals surface area contributed by atoms with Crippen molar-refractivity contribution in [3.63, 3.8) is 0 Å². The van der Waals surface area contributed by atoms with Gasteiger partial charge in [0.2, 0.25) is 11.8 Å². The molecule has 1 aliphatic heterocycles. The third kappa shape index (κ3) is 8.86. The Kier molecular flexibility index (Phi) is 11.8. The Bertz CT molecular complexity index is 337. The van der Waals surface area contributed by atoms with Crippen LogP contribution in [0.5, 0.6) is 0 Å². The minimum absolute atomic E-state index is 0. The summed E-state index contributed by atoms with van der Waals surface area (Å²) in [5.74, 6) is 1.36. The van der Waals surface area contributed by atoms with Crippen molar-refractivity contribution in [2.45, 2.75) is 45.6 Å². The zero-order valence-corrected chi connectivity index (χ0v) is 15.3. The highest BCUT2D eigenvalue weighted by molar-refractivity contribution is 8.00. The van der Waals surface area contributed by atoms with Crippen molar-refractivity contribution < 1.29 is 9.59 Å². The van der Waals surface area contributed by atoms with Crippen molar-refractivity contribution in [3.05, 3.63) is 0 Å². The Morgan fingerprint density at radius 3 is 2.36 bits per heavy atom. The molecule has 7 heteroatoms. The Balaban J connectivity index is 0.00000441. The molecule has 130 valence electrons. The van der Waals surface area contributed by atoms with E-state index in [1.54, 1.807) is 0 Å². The van der Waals surface area contributed by atoms with E-state index in [-0.39, 0.29) is 30.3 Å². The third-order valence-corrected chi connectivity index (χ3v) is 4.49. The molecule has 3 N–H and O–H groups in total. The van der Waals surface area contributed by atoms with Crippen molar-refractivity contribution in [1.82, 2.24) is 10.2 Å². The van der Waals surface area contributed by atoms with Gasteiger partial charge in [0.25, 0.3) is 0 Å². The number of likely N-dealkylation sites (tertiary alicyclic amines) is 1. The number of amides is 2. The van der Waals surface area contributed by atoms with Crippen molar-refractivity contribution in [2.75, 3.05) is 31.1 Å². The number of carbonyl (C=O) groups excluding carboxylic acids is 2. The molecular formula is C15H30ClN3O2S. The summed E-state index contributed by atoms with van der Waals surface area (Å²) in [6, 6.07) is 0.0379. The molecule has 0 spiro atoms. The highest BCUT2D eigenvalue weighted by Gasteiger charge is 2.17. The van der Waals surface area contributed by atoms with Gasteiger partial charge in [-0.1, -0.05) is 13.8 Å². The molecule has 1 unspecified atom stereocenters. The lowest BCUT2D eigenvalue weighted by Crippen LogP contribution is -2.42. The lowest BCUT2D eigenvalue weighted by molar-refractivity contribution is -0.129. The smallest absolute Gasteiger partial charge is 0.232 e. The summed E-state index contributed by atoms with van der Waals surface area (Å²) in [5, 5.41) is 2.94. The van der Waals surface area contributed by atoms with Crippen LogP contribution in [0.3, 0.4) is 0 Å². The van der Waals surface area contributed by atoms with Crippen LogP contribution in [0.25, 0.3) is 0 Å². The number of rotatable bonds is 8. The fourth-order valence-electron chi connectivity index (χ4n) is 2.52. The van der Waals surface area contributed by atoms with Crippen molar-refractivity contribution in [1.29, 1.82) is 0 Å². The van der Waals surface area contributed by atoms with E-state index < -0.39 is 0 Å². The van der Waals surface area contributed by atoms with Gasteiger partial charge in [0.05, 0.1) is 11.5 Å². The summed E-state index contributed by atoms with van der Waals surface area (Å²) < 4.78 is 0. The largest absolute Gasteiger partial charge is 0.351 e. The topological polar surface area (TPSA) is 75.4 Å². The number of nitrogens with zero attached hydrogens (tertiary/aromatic N) is 1. The molecule has 2 amide bonds. The first-order valence-electron chi connectivity index (χ1n) is 7.88. The van der Waals surface area contributed by atoms with Gasteiger partial charge in [0, 0.05) is 25.7 Å². The number of piperidine rings is 1. The van der Waals surface area contributed by atoms with E-state index >= 15 is 0 Å². The predicted octanol–water partition coefficient (Wildman–Crippen LogP) is 1.64. The molecule has 1 fully saturated rings. The van der Waals surface area contributed by atoms with Crippen molar-refractivity contribution in [3.8, 4) is 0 Å². The van der Waals surface area contributed by atoms with E-state index in [2.05, 4.69) is 19.2 Å². The maximum absolute atomic E-state index is 12.0. The van der Waals surface area contributed by atoms with Gasteiger partial charge in [-0.3, -0.25) is 9.59 Å². The van der Waals surface area contributed by atoms with Crippen LogP contribution in [0, 0.1) is 5.92 Å². The highest BCUT2D eigenvalue weighted by Crippen LogP contribution is 2.11. The van der Waals surface area contributed by atoms with Gasteiger partial charge in [-0.15, -0.1) is 24.2 Å². The van der Waals surface area contributed by atoms with E-state index in [0.717, 1.165) is 32.4 Å². The molecule has 1 atom stereocenters. The summed E-state index contributed by atoms with van der Waals surface area (Å²) in [7, 11) is 0. The second-order valence-electron chi connectivity index (χ2n) is 6.06. The summed E-state index contributed by atoms with van der Waals surface area (Å²) in [4.78, 5) is 25.7. The van der Waals surface area contributed by atoms with Gasteiger partial charge >= 0.3 is 0 Å². The summed E-state index contributed by atoms with van der Waals surface area (Å²) in [6.45, 7) is 6.42. The van der Waals surface area contributed by atoms with Crippen LogP contribution in [0.4, 0.5) is 0 Å². The SMILES string of the molecule is CC(C)CC(CN)NC(=O)CSCC(=O)N1CCCCC1.Cl. The van der Waals surface area contributed by atoms with Gasteiger partial charge in [-0.05, 0) is 31.6 Å². The van der Waals surface area contributed by atoms with E-state index in [0.29, 0.717) is 24.0 Å². The van der Waals surface area contributed by atoms with Crippen LogP contribution in [-0.2, 0) is 9.59 Å². The molecule has 1 rings (SSSR count). The molecule has 0 bridgehead atoms. The van der Waals surface area contributed by atoms with Gasteiger partial charge in [-0.25, -0.2) is 0 Å². The first-order valence-corrected chi connectivity index (χ1v) is 9.03. The fourth-order valence-corrected chi connectivity index (χ4v) is 3.25. The third-order valence-electron chi connectivity index (χ3n) is 3.57. The molecule has 1 heterocycles. The average Bonchev–Trinajstić information content (AvgIpc) is 2.46. The Hall–Kier alpha value is -0.460. The maximum Gasteiger partial charge on any atom is 0.232 e. The Morgan fingerprint density at radius 1 is 1.18 bits per heavy atom. The number of halogens is 1. The number of hydrogen-bond donors (Lipinski definition) is 2. The first kappa shape index (κ1) is 21.5. The standard InChI is InChI=1S/C15H29N3O2S.ClH/c1-12(2)8-13(9-16)17-14(19)10-21-11-15(20)18-6-4-3-5-7-18;/h12-13H,3-11,16H2,1-2H3,(H,17,19);1H. The normalized spacial score (nSPS) is 16.1. The van der Waals surface area contributed by atoms with Crippen LogP contribution in [0.2, 0.25) is 0 Å². The number of carbonyl (C=O) groups is 2. The number of thioether (sulfide) groups is 1. The van der Waals surface area contributed by atoms with Gasteiger partial charge in [0.1, 0.15) is 0 Å². The maximum atomic E-state index is 12.0. The lowest BCUT2D eigenvalue weighted by atomic mass is 10.0. The van der Waals surface area contributed by atoms with Gasteiger partial charge < -0.3 is 16.0 Å². The summed E-state index contributed by atoms with van der Waals surface area (Å²) in [6.07, 6.45) is 4.31. The van der Waals surface area contributed by atoms with Crippen molar-refractivity contribution in [2.24, 2.45) is 11.7 Å². The van der Waals surface area contributed by atoms with Crippen LogP contribution in [0.1, 0.15) is 39.5 Å². The number of nitrogens with two attached hydrogens (primary N) is 1. The van der Waals surface area contributed by atoms with Gasteiger partial charge in [-0.2, -0.15) is 0 Å². The molecule has 0 aliphatic carbocycles. The highest BCUT2D eigenvalue weighted by atomic mass is 35.5. The van der Waals surface area contributed by atoms with E-state index in [9.17, 15) is 9.59 Å². The monoisotopic (exact) mass is 351 g/mol. The fraction of sp³-hybridized carbons (Fsp3) is 0.867. The molecular weight excluding hydrogens is 322 g/mol. The first-order chi connectivity index (χ1) is 10.0. The predicted molar refractivity (Wildman–Crippen MR) is 95.4 cm³/mol. The van der Waals surface area contributed by atoms with Crippen molar-refractivity contribution >= 4 is 36.0 Å². The molecule has 0 saturated carbocycles. The lowest BCUT2D eigenvalue weighted by Gasteiger charge is -2.26. The Morgan fingerprint density at radius 2 is 1.82 bits per heavy atom. The number of nitrogens with one attached hydrogen (secondary N) is 1. The second kappa shape index (κ2) is 12.0. The number of hydrogen-bond acceptors (Lipinski definition) is 4. The van der Waals surface area contributed by atoms with E-state index in [4.69, 9.17) is 5.73 Å². The van der Waals surface area contributed by atoms with Crippen LogP contribution < -0.4 is 11.1 Å². The summed E-state index contributed by atoms with van der Waals surface area (Å²) >= 11 is 1.39. The van der Waals surface area contributed by atoms with Crippen LogP contribution in [0.15, 0.2) is 0 Å². The van der Waals surface area contributed by atoms with Crippen LogP contribution in [-0.4, -0.2) is 53.9 Å². The van der Waals surface area contributed by atoms with Gasteiger partial charge in [0.15, 0.2) is 0 Å². The molecule has 1 aliphatic rings. The molecule has 0 radical (unpaired) electrons. The van der Waals surface area contributed by atoms with E-state index in [1.807, 2.05) is 4.90 Å². The quantitative estimate of drug-likeness (QED) is 0.697. The minimum atomic E-state index is -0.0254. The molecule has 5 nitrogen and oxygen atoms in total. The Labute approximate surface area is 144 Å².